The molecule has 19 heavy (non-hydrogen) atoms. The number of nitrogens with zero attached hydrogens (tertiary/aromatic N) is 1. The van der Waals surface area contributed by atoms with Crippen molar-refractivity contribution in [2.24, 2.45) is 0 Å². The number of halogens is 4. The third-order valence-electron chi connectivity index (χ3n) is 2.21. The molecular weight excluding hydrogens is 402 g/mol. The molecular formula is C12H6Br2ClFN2O. The Hall–Kier alpha value is -0.980. The molecule has 0 aliphatic rings. The molecule has 2 aromatic rings. The molecule has 1 amide bonds. The van der Waals surface area contributed by atoms with Crippen LogP contribution in [0.4, 0.5) is 10.1 Å². The van der Waals surface area contributed by atoms with Gasteiger partial charge in [-0.2, -0.15) is 0 Å². The Morgan fingerprint density at radius 1 is 1.32 bits per heavy atom. The number of carbonyl (C=O) groups excluding carboxylic acids is 1. The fourth-order valence-corrected chi connectivity index (χ4v) is 2.48. The Morgan fingerprint density at radius 3 is 2.63 bits per heavy atom. The zero-order valence-corrected chi connectivity index (χ0v) is 13.2. The number of rotatable bonds is 2. The minimum absolute atomic E-state index is 0.109. The van der Waals surface area contributed by atoms with Crippen LogP contribution in [0.5, 0.6) is 0 Å². The molecule has 3 nitrogen and oxygen atoms in total. The monoisotopic (exact) mass is 406 g/mol. The molecule has 2 rings (SSSR count). The Kier molecular flexibility index (Phi) is 4.54. The predicted octanol–water partition coefficient (Wildman–Crippen LogP) is 4.65. The number of anilines is 1. The first-order valence-electron chi connectivity index (χ1n) is 5.05. The van der Waals surface area contributed by atoms with Crippen molar-refractivity contribution in [3.8, 4) is 0 Å². The normalized spacial score (nSPS) is 10.3. The lowest BCUT2D eigenvalue weighted by molar-refractivity contribution is 0.102. The van der Waals surface area contributed by atoms with Gasteiger partial charge in [0.2, 0.25) is 0 Å². The number of nitrogens with one attached hydrogen (secondary N) is 1. The number of amides is 1. The van der Waals surface area contributed by atoms with Crippen LogP contribution < -0.4 is 5.32 Å². The van der Waals surface area contributed by atoms with E-state index in [1.807, 2.05) is 0 Å². The van der Waals surface area contributed by atoms with Crippen molar-refractivity contribution in [2.45, 2.75) is 0 Å². The first-order valence-corrected chi connectivity index (χ1v) is 7.01. The number of pyridine rings is 1. The van der Waals surface area contributed by atoms with Gasteiger partial charge in [-0.1, -0.05) is 11.6 Å². The molecule has 0 saturated carbocycles. The topological polar surface area (TPSA) is 42.0 Å². The average Bonchev–Trinajstić information content (AvgIpc) is 2.34. The van der Waals surface area contributed by atoms with E-state index in [4.69, 9.17) is 11.6 Å². The summed E-state index contributed by atoms with van der Waals surface area (Å²) in [6, 6.07) is 5.60. The standard InChI is InChI=1S/C12H6Br2ClFN2O/c13-6-1-2-10(17-5-6)12(19)18-11-8(14)3-7(16)4-9(11)15/h1-5H,(H,18,19). The maximum Gasteiger partial charge on any atom is 0.274 e. The molecule has 0 fully saturated rings. The lowest BCUT2D eigenvalue weighted by Gasteiger charge is -2.09. The molecule has 0 atom stereocenters. The summed E-state index contributed by atoms with van der Waals surface area (Å²) >= 11 is 12.3. The summed E-state index contributed by atoms with van der Waals surface area (Å²) in [6.45, 7) is 0. The van der Waals surface area contributed by atoms with Crippen LogP contribution in [0, 0.1) is 5.82 Å². The largest absolute Gasteiger partial charge is 0.318 e. The van der Waals surface area contributed by atoms with Gasteiger partial charge in [-0.3, -0.25) is 4.79 Å². The Bertz CT molecular complexity index is 611. The second kappa shape index (κ2) is 5.98. The lowest BCUT2D eigenvalue weighted by Crippen LogP contribution is -2.14. The molecule has 0 aliphatic carbocycles. The summed E-state index contributed by atoms with van der Waals surface area (Å²) in [7, 11) is 0. The zero-order chi connectivity index (χ0) is 14.0. The summed E-state index contributed by atoms with van der Waals surface area (Å²) in [5, 5.41) is 2.69. The van der Waals surface area contributed by atoms with E-state index >= 15 is 0 Å². The van der Waals surface area contributed by atoms with E-state index in [1.165, 1.54) is 12.3 Å². The molecule has 0 bridgehead atoms. The maximum atomic E-state index is 13.1. The molecule has 0 radical (unpaired) electrons. The SMILES string of the molecule is O=C(Nc1c(Cl)cc(F)cc1Br)c1ccc(Br)cn1. The summed E-state index contributed by atoms with van der Waals surface area (Å²) in [5.74, 6) is -0.918. The van der Waals surface area contributed by atoms with Gasteiger partial charge in [-0.25, -0.2) is 9.37 Å². The Labute approximate surface area is 130 Å². The van der Waals surface area contributed by atoms with E-state index in [0.29, 0.717) is 10.2 Å². The highest BCUT2D eigenvalue weighted by molar-refractivity contribution is 9.10. The second-order valence-electron chi connectivity index (χ2n) is 3.56. The molecule has 1 aromatic carbocycles. The van der Waals surface area contributed by atoms with E-state index in [9.17, 15) is 9.18 Å². The zero-order valence-electron chi connectivity index (χ0n) is 9.25. The van der Waals surface area contributed by atoms with E-state index in [2.05, 4.69) is 42.2 Å². The van der Waals surface area contributed by atoms with Crippen molar-refractivity contribution in [3.63, 3.8) is 0 Å². The molecule has 0 unspecified atom stereocenters. The summed E-state index contributed by atoms with van der Waals surface area (Å²) < 4.78 is 14.2. The first-order chi connectivity index (χ1) is 8.97. The molecule has 1 heterocycles. The van der Waals surface area contributed by atoms with E-state index < -0.39 is 11.7 Å². The Morgan fingerprint density at radius 2 is 2.05 bits per heavy atom. The highest BCUT2D eigenvalue weighted by atomic mass is 79.9. The van der Waals surface area contributed by atoms with Gasteiger partial charge in [0.1, 0.15) is 11.5 Å². The number of hydrogen-bond acceptors (Lipinski definition) is 2. The number of benzene rings is 1. The van der Waals surface area contributed by atoms with Crippen LogP contribution in [0.1, 0.15) is 10.5 Å². The van der Waals surface area contributed by atoms with Crippen LogP contribution in [-0.4, -0.2) is 10.9 Å². The van der Waals surface area contributed by atoms with Crippen molar-refractivity contribution >= 4 is 55.1 Å². The highest BCUT2D eigenvalue weighted by Crippen LogP contribution is 2.31. The quantitative estimate of drug-likeness (QED) is 0.786. The van der Waals surface area contributed by atoms with Crippen molar-refractivity contribution in [2.75, 3.05) is 5.32 Å². The van der Waals surface area contributed by atoms with Gasteiger partial charge in [0.05, 0.1) is 10.7 Å². The van der Waals surface area contributed by atoms with Gasteiger partial charge in [-0.05, 0) is 56.1 Å². The summed E-state index contributed by atoms with van der Waals surface area (Å²) in [6.07, 6.45) is 1.51. The molecule has 1 N–H and O–H groups in total. The highest BCUT2D eigenvalue weighted by Gasteiger charge is 2.13. The van der Waals surface area contributed by atoms with Gasteiger partial charge in [0, 0.05) is 15.1 Å². The smallest absolute Gasteiger partial charge is 0.274 e. The Balaban J connectivity index is 2.26. The number of aromatic nitrogens is 1. The van der Waals surface area contributed by atoms with E-state index in [0.717, 1.165) is 10.5 Å². The summed E-state index contributed by atoms with van der Waals surface area (Å²) in [5.41, 5.74) is 0.535. The first kappa shape index (κ1) is 14.4. The fraction of sp³-hybridized carbons (Fsp3) is 0. The van der Waals surface area contributed by atoms with Crippen LogP contribution in [0.25, 0.3) is 0 Å². The van der Waals surface area contributed by atoms with Gasteiger partial charge in [-0.15, -0.1) is 0 Å². The second-order valence-corrected chi connectivity index (χ2v) is 5.74. The van der Waals surface area contributed by atoms with Gasteiger partial charge in [0.15, 0.2) is 0 Å². The maximum absolute atomic E-state index is 13.1. The van der Waals surface area contributed by atoms with Crippen LogP contribution in [0.2, 0.25) is 5.02 Å². The minimum atomic E-state index is -0.489. The third-order valence-corrected chi connectivity index (χ3v) is 3.60. The molecule has 0 saturated heterocycles. The third kappa shape index (κ3) is 3.52. The molecule has 7 heteroatoms. The summed E-state index contributed by atoms with van der Waals surface area (Å²) in [4.78, 5) is 15.9. The molecule has 0 spiro atoms. The van der Waals surface area contributed by atoms with Crippen LogP contribution in [0.3, 0.4) is 0 Å². The molecule has 0 aliphatic heterocycles. The van der Waals surface area contributed by atoms with Crippen LogP contribution >= 0.6 is 43.5 Å². The van der Waals surface area contributed by atoms with Crippen molar-refractivity contribution in [1.29, 1.82) is 0 Å². The van der Waals surface area contributed by atoms with Gasteiger partial charge < -0.3 is 5.32 Å². The van der Waals surface area contributed by atoms with Crippen molar-refractivity contribution in [3.05, 3.63) is 55.9 Å². The van der Waals surface area contributed by atoms with Crippen LogP contribution in [0.15, 0.2) is 39.4 Å². The minimum Gasteiger partial charge on any atom is -0.318 e. The van der Waals surface area contributed by atoms with E-state index in [-0.39, 0.29) is 10.7 Å². The predicted molar refractivity (Wildman–Crippen MR) is 79.0 cm³/mol. The average molecular weight is 408 g/mol. The van der Waals surface area contributed by atoms with E-state index in [1.54, 1.807) is 12.1 Å². The van der Waals surface area contributed by atoms with Crippen molar-refractivity contribution in [1.82, 2.24) is 4.98 Å². The van der Waals surface area contributed by atoms with Crippen LogP contribution in [-0.2, 0) is 0 Å². The van der Waals surface area contributed by atoms with Gasteiger partial charge in [0.25, 0.3) is 5.91 Å². The molecule has 1 aromatic heterocycles. The van der Waals surface area contributed by atoms with Crippen molar-refractivity contribution < 1.29 is 9.18 Å². The fourth-order valence-electron chi connectivity index (χ4n) is 1.35. The van der Waals surface area contributed by atoms with Gasteiger partial charge >= 0.3 is 0 Å². The number of hydrogen-bond donors (Lipinski definition) is 1. The lowest BCUT2D eigenvalue weighted by atomic mass is 10.3. The number of carbonyl (C=O) groups is 1. The molecule has 98 valence electrons.